The number of anilines is 1. The standard InChI is InChI=1S/C9H8BrNS/c1-11-8-3-2-7(10)4-6(8)5-9(11)12/h2-4H,5H2,1H3. The van der Waals surface area contributed by atoms with Gasteiger partial charge in [-0.1, -0.05) is 28.1 Å². The van der Waals surface area contributed by atoms with E-state index in [2.05, 4.69) is 33.0 Å². The van der Waals surface area contributed by atoms with Crippen molar-refractivity contribution in [1.82, 2.24) is 0 Å². The van der Waals surface area contributed by atoms with Crippen LogP contribution in [0.5, 0.6) is 0 Å². The first-order chi connectivity index (χ1) is 5.68. The molecule has 1 aromatic carbocycles. The van der Waals surface area contributed by atoms with Crippen LogP contribution in [0.1, 0.15) is 5.56 Å². The van der Waals surface area contributed by atoms with Gasteiger partial charge in [0.1, 0.15) is 0 Å². The molecule has 1 aliphatic heterocycles. The molecule has 0 unspecified atom stereocenters. The van der Waals surface area contributed by atoms with Crippen LogP contribution in [0.15, 0.2) is 22.7 Å². The highest BCUT2D eigenvalue weighted by Crippen LogP contribution is 2.30. The van der Waals surface area contributed by atoms with Crippen LogP contribution in [0.4, 0.5) is 5.69 Å². The Bertz CT molecular complexity index is 348. The normalized spacial score (nSPS) is 15.2. The van der Waals surface area contributed by atoms with Gasteiger partial charge in [-0.25, -0.2) is 0 Å². The van der Waals surface area contributed by atoms with Crippen LogP contribution in [0.3, 0.4) is 0 Å². The molecule has 3 heteroatoms. The summed E-state index contributed by atoms with van der Waals surface area (Å²) in [6, 6.07) is 6.27. The molecule has 0 saturated carbocycles. The molecule has 62 valence electrons. The molecule has 0 amide bonds. The van der Waals surface area contributed by atoms with Crippen molar-refractivity contribution in [2.75, 3.05) is 11.9 Å². The average molecular weight is 242 g/mol. The quantitative estimate of drug-likeness (QED) is 0.643. The van der Waals surface area contributed by atoms with Gasteiger partial charge in [0.2, 0.25) is 0 Å². The van der Waals surface area contributed by atoms with Crippen LogP contribution in [0.25, 0.3) is 0 Å². The Morgan fingerprint density at radius 1 is 1.50 bits per heavy atom. The summed E-state index contributed by atoms with van der Waals surface area (Å²) in [6.45, 7) is 0. The third kappa shape index (κ3) is 1.17. The van der Waals surface area contributed by atoms with Crippen molar-refractivity contribution in [1.29, 1.82) is 0 Å². The molecule has 0 spiro atoms. The molecule has 0 atom stereocenters. The minimum Gasteiger partial charge on any atom is -0.339 e. The molecule has 0 aliphatic carbocycles. The summed E-state index contributed by atoms with van der Waals surface area (Å²) in [4.78, 5) is 3.07. The Hall–Kier alpha value is -0.410. The molecule has 1 aliphatic rings. The van der Waals surface area contributed by atoms with Crippen LogP contribution in [0, 0.1) is 0 Å². The molecular formula is C9H8BrNS. The second kappa shape index (κ2) is 2.82. The maximum Gasteiger partial charge on any atom is 0.0866 e. The summed E-state index contributed by atoms with van der Waals surface area (Å²) < 4.78 is 1.12. The molecule has 0 saturated heterocycles. The Morgan fingerprint density at radius 3 is 3.00 bits per heavy atom. The Balaban J connectivity index is 2.54. The van der Waals surface area contributed by atoms with E-state index in [0.29, 0.717) is 0 Å². The summed E-state index contributed by atoms with van der Waals surface area (Å²) in [5.41, 5.74) is 2.56. The largest absolute Gasteiger partial charge is 0.339 e. The van der Waals surface area contributed by atoms with Crippen LogP contribution in [-0.2, 0) is 6.42 Å². The van der Waals surface area contributed by atoms with Crippen molar-refractivity contribution >= 4 is 38.8 Å². The van der Waals surface area contributed by atoms with E-state index in [1.807, 2.05) is 13.1 Å². The molecule has 1 nitrogen and oxygen atoms in total. The van der Waals surface area contributed by atoms with E-state index in [4.69, 9.17) is 12.2 Å². The van der Waals surface area contributed by atoms with E-state index in [0.717, 1.165) is 15.9 Å². The molecule has 0 radical (unpaired) electrons. The second-order valence-electron chi connectivity index (χ2n) is 2.90. The molecule has 12 heavy (non-hydrogen) atoms. The average Bonchev–Trinajstić information content (AvgIpc) is 2.28. The zero-order valence-electron chi connectivity index (χ0n) is 6.67. The summed E-state index contributed by atoms with van der Waals surface area (Å²) in [5, 5.41) is 0. The number of nitrogens with zero attached hydrogens (tertiary/aromatic N) is 1. The molecule has 0 fully saturated rings. The predicted octanol–water partition coefficient (Wildman–Crippen LogP) is 2.77. The van der Waals surface area contributed by atoms with Gasteiger partial charge in [-0.3, -0.25) is 0 Å². The molecule has 0 N–H and O–H groups in total. The van der Waals surface area contributed by atoms with Crippen molar-refractivity contribution in [2.45, 2.75) is 6.42 Å². The highest BCUT2D eigenvalue weighted by atomic mass is 79.9. The van der Waals surface area contributed by atoms with Gasteiger partial charge in [-0.05, 0) is 23.8 Å². The van der Waals surface area contributed by atoms with Crippen molar-refractivity contribution in [2.24, 2.45) is 0 Å². The summed E-state index contributed by atoms with van der Waals surface area (Å²) in [7, 11) is 2.02. The SMILES string of the molecule is CN1C(=S)Cc2cc(Br)ccc21. The number of hydrogen-bond donors (Lipinski definition) is 0. The van der Waals surface area contributed by atoms with Crippen LogP contribution < -0.4 is 4.90 Å². The third-order valence-corrected chi connectivity index (χ3v) is 3.03. The fraction of sp³-hybridized carbons (Fsp3) is 0.222. The van der Waals surface area contributed by atoms with E-state index in [1.165, 1.54) is 11.3 Å². The lowest BCUT2D eigenvalue weighted by Crippen LogP contribution is -2.18. The lowest BCUT2D eigenvalue weighted by molar-refractivity contribution is 1.32. The van der Waals surface area contributed by atoms with Crippen molar-refractivity contribution in [3.8, 4) is 0 Å². The van der Waals surface area contributed by atoms with Gasteiger partial charge in [0.15, 0.2) is 0 Å². The van der Waals surface area contributed by atoms with E-state index < -0.39 is 0 Å². The Kier molecular flexibility index (Phi) is 1.93. The number of thiocarbonyl (C=S) groups is 1. The predicted molar refractivity (Wildman–Crippen MR) is 58.8 cm³/mol. The molecule has 1 aromatic rings. The van der Waals surface area contributed by atoms with Crippen molar-refractivity contribution in [3.05, 3.63) is 28.2 Å². The van der Waals surface area contributed by atoms with Gasteiger partial charge in [0.25, 0.3) is 0 Å². The van der Waals surface area contributed by atoms with Gasteiger partial charge in [0.05, 0.1) is 4.99 Å². The molecule has 0 aromatic heterocycles. The number of rotatable bonds is 0. The van der Waals surface area contributed by atoms with Crippen LogP contribution in [-0.4, -0.2) is 12.0 Å². The number of benzene rings is 1. The lowest BCUT2D eigenvalue weighted by Gasteiger charge is -2.11. The number of likely N-dealkylation sites (N-methyl/N-ethyl adjacent to an activating group) is 1. The van der Waals surface area contributed by atoms with Crippen LogP contribution in [0.2, 0.25) is 0 Å². The Morgan fingerprint density at radius 2 is 2.25 bits per heavy atom. The number of hydrogen-bond acceptors (Lipinski definition) is 1. The van der Waals surface area contributed by atoms with Crippen LogP contribution >= 0.6 is 28.1 Å². The maximum absolute atomic E-state index is 5.20. The van der Waals surface area contributed by atoms with Gasteiger partial charge < -0.3 is 4.90 Å². The van der Waals surface area contributed by atoms with Crippen molar-refractivity contribution < 1.29 is 0 Å². The number of halogens is 1. The summed E-state index contributed by atoms with van der Waals surface area (Å²) in [5.74, 6) is 0. The molecule has 1 heterocycles. The van der Waals surface area contributed by atoms with Gasteiger partial charge >= 0.3 is 0 Å². The second-order valence-corrected chi connectivity index (χ2v) is 4.29. The number of fused-ring (bicyclic) bond motifs is 1. The smallest absolute Gasteiger partial charge is 0.0866 e. The topological polar surface area (TPSA) is 3.24 Å². The fourth-order valence-corrected chi connectivity index (χ4v) is 2.10. The van der Waals surface area contributed by atoms with E-state index in [1.54, 1.807) is 0 Å². The first kappa shape index (κ1) is 8.20. The molecular weight excluding hydrogens is 234 g/mol. The highest BCUT2D eigenvalue weighted by molar-refractivity contribution is 9.10. The third-order valence-electron chi connectivity index (χ3n) is 2.12. The van der Waals surface area contributed by atoms with Gasteiger partial charge in [-0.15, -0.1) is 0 Å². The van der Waals surface area contributed by atoms with E-state index in [-0.39, 0.29) is 0 Å². The molecule has 0 bridgehead atoms. The minimum absolute atomic E-state index is 0.903. The zero-order valence-corrected chi connectivity index (χ0v) is 9.08. The molecule has 2 rings (SSSR count). The lowest BCUT2D eigenvalue weighted by atomic mass is 10.2. The zero-order chi connectivity index (χ0) is 8.72. The van der Waals surface area contributed by atoms with E-state index >= 15 is 0 Å². The summed E-state index contributed by atoms with van der Waals surface area (Å²) in [6.07, 6.45) is 0.903. The van der Waals surface area contributed by atoms with Gasteiger partial charge in [-0.2, -0.15) is 0 Å². The first-order valence-electron chi connectivity index (χ1n) is 3.73. The highest BCUT2D eigenvalue weighted by Gasteiger charge is 2.20. The monoisotopic (exact) mass is 241 g/mol. The van der Waals surface area contributed by atoms with Gasteiger partial charge in [0, 0.05) is 23.6 Å². The Labute approximate surface area is 85.5 Å². The first-order valence-corrected chi connectivity index (χ1v) is 4.93. The minimum atomic E-state index is 0.903. The van der Waals surface area contributed by atoms with Crippen molar-refractivity contribution in [3.63, 3.8) is 0 Å². The fourth-order valence-electron chi connectivity index (χ4n) is 1.44. The summed E-state index contributed by atoms with van der Waals surface area (Å²) >= 11 is 8.64. The van der Waals surface area contributed by atoms with E-state index in [9.17, 15) is 0 Å². The maximum atomic E-state index is 5.20.